The van der Waals surface area contributed by atoms with E-state index in [4.69, 9.17) is 21.9 Å². The van der Waals surface area contributed by atoms with Crippen molar-refractivity contribution in [3.05, 3.63) is 0 Å². The molecule has 1 aliphatic rings. The first-order valence-electron chi connectivity index (χ1n) is 5.08. The zero-order valence-corrected chi connectivity index (χ0v) is 8.69. The molecule has 0 aromatic carbocycles. The molecule has 0 aromatic rings. The lowest BCUT2D eigenvalue weighted by atomic mass is 9.94. The van der Waals surface area contributed by atoms with Crippen LogP contribution >= 0.6 is 0 Å². The van der Waals surface area contributed by atoms with Gasteiger partial charge in [-0.3, -0.25) is 4.79 Å². The molecule has 1 rings (SSSR count). The van der Waals surface area contributed by atoms with E-state index in [1.807, 2.05) is 0 Å². The van der Waals surface area contributed by atoms with Crippen molar-refractivity contribution >= 4 is 11.9 Å². The highest BCUT2D eigenvalue weighted by Crippen LogP contribution is 2.19. The molecule has 0 saturated heterocycles. The molecular formula is C9H18N4O2. The van der Waals surface area contributed by atoms with Gasteiger partial charge in [-0.25, -0.2) is 4.99 Å². The lowest BCUT2D eigenvalue weighted by Gasteiger charge is -2.25. The Morgan fingerprint density at radius 2 is 1.87 bits per heavy atom. The number of carbonyl (C=O) groups is 1. The number of hydrogen-bond donors (Lipinski definition) is 3. The van der Waals surface area contributed by atoms with Gasteiger partial charge in [0.05, 0.1) is 0 Å². The van der Waals surface area contributed by atoms with Crippen LogP contribution in [0.15, 0.2) is 4.99 Å². The van der Waals surface area contributed by atoms with Crippen LogP contribution in [0.2, 0.25) is 0 Å². The Morgan fingerprint density at radius 1 is 1.27 bits per heavy atom. The van der Waals surface area contributed by atoms with E-state index >= 15 is 0 Å². The Labute approximate surface area is 88.8 Å². The summed E-state index contributed by atoms with van der Waals surface area (Å²) in [5.74, 6) is -0.485. The van der Waals surface area contributed by atoms with Crippen molar-refractivity contribution in [2.45, 2.75) is 37.8 Å². The van der Waals surface area contributed by atoms with Crippen molar-refractivity contribution < 1.29 is 9.53 Å². The van der Waals surface area contributed by atoms with Crippen molar-refractivity contribution in [3.63, 3.8) is 0 Å². The van der Waals surface area contributed by atoms with Crippen LogP contribution in [0.4, 0.5) is 0 Å². The van der Waals surface area contributed by atoms with E-state index in [0.717, 1.165) is 25.7 Å². The quantitative estimate of drug-likeness (QED) is 0.319. The van der Waals surface area contributed by atoms with Gasteiger partial charge in [0.15, 0.2) is 5.96 Å². The maximum Gasteiger partial charge on any atom is 0.328 e. The predicted molar refractivity (Wildman–Crippen MR) is 57.0 cm³/mol. The standard InChI is InChI=1S/C9H18N4O2/c10-6-1-3-7(4-2-6)15-8(14)5-13-9(11)12/h6-7H,1-5,10H2,(H4,11,12,13). The lowest BCUT2D eigenvalue weighted by molar-refractivity contribution is -0.148. The minimum atomic E-state index is -0.385. The smallest absolute Gasteiger partial charge is 0.328 e. The summed E-state index contributed by atoms with van der Waals surface area (Å²) in [5, 5.41) is 0. The van der Waals surface area contributed by atoms with Crippen LogP contribution in [0.25, 0.3) is 0 Å². The van der Waals surface area contributed by atoms with Gasteiger partial charge in [0.1, 0.15) is 12.6 Å². The highest BCUT2D eigenvalue weighted by Gasteiger charge is 2.21. The molecule has 0 aromatic heterocycles. The molecule has 0 amide bonds. The molecule has 86 valence electrons. The normalized spacial score (nSPS) is 25.7. The van der Waals surface area contributed by atoms with Gasteiger partial charge in [-0.2, -0.15) is 0 Å². The average Bonchev–Trinajstić information content (AvgIpc) is 2.19. The van der Waals surface area contributed by atoms with E-state index in [-0.39, 0.29) is 30.6 Å². The summed E-state index contributed by atoms with van der Waals surface area (Å²) >= 11 is 0. The summed E-state index contributed by atoms with van der Waals surface area (Å²) in [4.78, 5) is 14.8. The minimum Gasteiger partial charge on any atom is -0.461 e. The third kappa shape index (κ3) is 4.64. The molecule has 6 N–H and O–H groups in total. The van der Waals surface area contributed by atoms with Crippen LogP contribution in [0.5, 0.6) is 0 Å². The summed E-state index contributed by atoms with van der Waals surface area (Å²) in [6.45, 7) is -0.106. The van der Waals surface area contributed by atoms with Gasteiger partial charge in [0.25, 0.3) is 0 Å². The third-order valence-electron chi connectivity index (χ3n) is 2.41. The van der Waals surface area contributed by atoms with Crippen molar-refractivity contribution in [2.75, 3.05) is 6.54 Å². The Morgan fingerprint density at radius 3 is 2.40 bits per heavy atom. The predicted octanol–water partition coefficient (Wildman–Crippen LogP) is -0.927. The van der Waals surface area contributed by atoms with Gasteiger partial charge < -0.3 is 21.9 Å². The summed E-state index contributed by atoms with van der Waals surface area (Å²) < 4.78 is 5.18. The number of nitrogens with two attached hydrogens (primary N) is 3. The summed E-state index contributed by atoms with van der Waals surface area (Å²) in [6, 6.07) is 0.248. The highest BCUT2D eigenvalue weighted by molar-refractivity contribution is 5.80. The molecule has 0 aliphatic heterocycles. The maximum atomic E-state index is 11.2. The fraction of sp³-hybridized carbons (Fsp3) is 0.778. The molecular weight excluding hydrogens is 196 g/mol. The molecule has 0 spiro atoms. The fourth-order valence-corrected chi connectivity index (χ4v) is 1.59. The first kappa shape index (κ1) is 11.8. The van der Waals surface area contributed by atoms with Crippen LogP contribution in [0.1, 0.15) is 25.7 Å². The summed E-state index contributed by atoms with van der Waals surface area (Å²) in [6.07, 6.45) is 3.44. The number of rotatable bonds is 3. The molecule has 1 fully saturated rings. The van der Waals surface area contributed by atoms with Crippen molar-refractivity contribution in [1.29, 1.82) is 0 Å². The molecule has 6 nitrogen and oxygen atoms in total. The first-order chi connectivity index (χ1) is 7.08. The maximum absolute atomic E-state index is 11.2. The number of aliphatic imine (C=N–C) groups is 1. The SMILES string of the molecule is NC(N)=NCC(=O)OC1CCC(N)CC1. The first-order valence-corrected chi connectivity index (χ1v) is 5.08. The average molecular weight is 214 g/mol. The van der Waals surface area contributed by atoms with Gasteiger partial charge in [0.2, 0.25) is 0 Å². The minimum absolute atomic E-state index is 0.0218. The highest BCUT2D eigenvalue weighted by atomic mass is 16.5. The van der Waals surface area contributed by atoms with E-state index in [0.29, 0.717) is 0 Å². The van der Waals surface area contributed by atoms with Gasteiger partial charge in [-0.15, -0.1) is 0 Å². The number of carbonyl (C=O) groups excluding carboxylic acids is 1. The van der Waals surface area contributed by atoms with Crippen molar-refractivity contribution in [2.24, 2.45) is 22.2 Å². The van der Waals surface area contributed by atoms with Crippen molar-refractivity contribution in [1.82, 2.24) is 0 Å². The van der Waals surface area contributed by atoms with Crippen molar-refractivity contribution in [3.8, 4) is 0 Å². The molecule has 0 heterocycles. The summed E-state index contributed by atoms with van der Waals surface area (Å²) in [5.41, 5.74) is 15.9. The topological polar surface area (TPSA) is 117 Å². The van der Waals surface area contributed by atoms with Gasteiger partial charge in [-0.05, 0) is 25.7 Å². The Kier molecular flexibility index (Phi) is 4.36. The molecule has 0 radical (unpaired) electrons. The number of hydrogen-bond acceptors (Lipinski definition) is 4. The second-order valence-electron chi connectivity index (χ2n) is 3.77. The summed E-state index contributed by atoms with van der Waals surface area (Å²) in [7, 11) is 0. The zero-order valence-electron chi connectivity index (χ0n) is 8.69. The fourth-order valence-electron chi connectivity index (χ4n) is 1.59. The molecule has 0 bridgehead atoms. The Bertz CT molecular complexity index is 242. The Balaban J connectivity index is 2.23. The number of ether oxygens (including phenoxy) is 1. The van der Waals surface area contributed by atoms with E-state index < -0.39 is 0 Å². The van der Waals surface area contributed by atoms with Crippen LogP contribution in [-0.4, -0.2) is 30.6 Å². The van der Waals surface area contributed by atoms with E-state index in [1.54, 1.807) is 0 Å². The van der Waals surface area contributed by atoms with Gasteiger partial charge in [0, 0.05) is 6.04 Å². The van der Waals surface area contributed by atoms with Gasteiger partial charge >= 0.3 is 5.97 Å². The largest absolute Gasteiger partial charge is 0.461 e. The van der Waals surface area contributed by atoms with Crippen LogP contribution < -0.4 is 17.2 Å². The van der Waals surface area contributed by atoms with E-state index in [1.165, 1.54) is 0 Å². The number of nitrogens with zero attached hydrogens (tertiary/aromatic N) is 1. The third-order valence-corrected chi connectivity index (χ3v) is 2.41. The van der Waals surface area contributed by atoms with E-state index in [2.05, 4.69) is 4.99 Å². The van der Waals surface area contributed by atoms with Crippen LogP contribution in [-0.2, 0) is 9.53 Å². The lowest BCUT2D eigenvalue weighted by Crippen LogP contribution is -2.32. The zero-order chi connectivity index (χ0) is 11.3. The second-order valence-corrected chi connectivity index (χ2v) is 3.77. The molecule has 15 heavy (non-hydrogen) atoms. The Hall–Kier alpha value is -1.30. The van der Waals surface area contributed by atoms with Crippen LogP contribution in [0, 0.1) is 0 Å². The van der Waals surface area contributed by atoms with Gasteiger partial charge in [-0.1, -0.05) is 0 Å². The number of esters is 1. The second kappa shape index (κ2) is 5.55. The van der Waals surface area contributed by atoms with Crippen LogP contribution in [0.3, 0.4) is 0 Å². The molecule has 0 atom stereocenters. The monoisotopic (exact) mass is 214 g/mol. The molecule has 6 heteroatoms. The molecule has 1 aliphatic carbocycles. The molecule has 0 unspecified atom stereocenters. The van der Waals surface area contributed by atoms with E-state index in [9.17, 15) is 4.79 Å². The molecule has 1 saturated carbocycles. The number of guanidine groups is 1.